The van der Waals surface area contributed by atoms with Gasteiger partial charge in [-0.3, -0.25) is 4.79 Å². The van der Waals surface area contributed by atoms with Gasteiger partial charge in [0.1, 0.15) is 4.88 Å². The topological polar surface area (TPSA) is 79.2 Å². The number of hydrogen-bond donors (Lipinski definition) is 1. The average Bonchev–Trinajstić information content (AvgIpc) is 3.17. The van der Waals surface area contributed by atoms with Crippen LogP contribution in [-0.2, 0) is 22.4 Å². The van der Waals surface area contributed by atoms with E-state index in [4.69, 9.17) is 10.00 Å². The molecule has 1 heterocycles. The molecule has 3 rings (SSSR count). The Hall–Kier alpha value is -2.65. The molecule has 1 aromatic heterocycles. The smallest absolute Gasteiger partial charge is 0.349 e. The fraction of sp³-hybridized carbons (Fsp3) is 0.278. The zero-order chi connectivity index (χ0) is 17.1. The summed E-state index contributed by atoms with van der Waals surface area (Å²) in [5, 5.41) is 11.4. The Balaban J connectivity index is 1.58. The third kappa shape index (κ3) is 3.47. The van der Waals surface area contributed by atoms with E-state index in [1.54, 1.807) is 24.3 Å². The van der Waals surface area contributed by atoms with Crippen LogP contribution in [0.5, 0.6) is 0 Å². The highest BCUT2D eigenvalue weighted by Gasteiger charge is 2.23. The Morgan fingerprint density at radius 1 is 1.29 bits per heavy atom. The van der Waals surface area contributed by atoms with E-state index >= 15 is 0 Å². The molecule has 0 bridgehead atoms. The summed E-state index contributed by atoms with van der Waals surface area (Å²) in [6, 6.07) is 10.4. The molecule has 0 fully saturated rings. The molecule has 0 radical (unpaired) electrons. The maximum Gasteiger partial charge on any atom is 0.349 e. The van der Waals surface area contributed by atoms with E-state index in [2.05, 4.69) is 5.32 Å². The molecule has 1 N–H and O–H groups in total. The van der Waals surface area contributed by atoms with E-state index < -0.39 is 18.0 Å². The predicted octanol–water partition coefficient (Wildman–Crippen LogP) is 3.29. The van der Waals surface area contributed by atoms with Crippen molar-refractivity contribution in [2.45, 2.75) is 32.3 Å². The summed E-state index contributed by atoms with van der Waals surface area (Å²) in [5.41, 5.74) is 2.29. The Morgan fingerprint density at radius 3 is 2.71 bits per heavy atom. The van der Waals surface area contributed by atoms with Gasteiger partial charge in [0.15, 0.2) is 6.10 Å². The first-order valence-electron chi connectivity index (χ1n) is 7.70. The Morgan fingerprint density at radius 2 is 2.04 bits per heavy atom. The van der Waals surface area contributed by atoms with E-state index in [9.17, 15) is 9.59 Å². The number of benzene rings is 1. The van der Waals surface area contributed by atoms with Crippen LogP contribution < -0.4 is 5.32 Å². The first-order chi connectivity index (χ1) is 11.6. The standard InChI is InChI=1S/C18H16N2O3S/c1-11(17(21)20-14-7-5-12(10-19)6-8-14)23-18(22)16-9-13-3-2-4-15(13)24-16/h5-9,11H,2-4H2,1H3,(H,20,21)/t11-/m1/s1. The molecular formula is C18H16N2O3S. The number of nitriles is 1. The molecule has 0 spiro atoms. The number of rotatable bonds is 4. The van der Waals surface area contributed by atoms with Crippen molar-refractivity contribution in [1.29, 1.82) is 5.26 Å². The van der Waals surface area contributed by atoms with Crippen LogP contribution in [0.15, 0.2) is 30.3 Å². The lowest BCUT2D eigenvalue weighted by Gasteiger charge is -2.13. The molecular weight excluding hydrogens is 324 g/mol. The van der Waals surface area contributed by atoms with Crippen molar-refractivity contribution in [3.8, 4) is 6.07 Å². The monoisotopic (exact) mass is 340 g/mol. The van der Waals surface area contributed by atoms with Gasteiger partial charge in [-0.1, -0.05) is 0 Å². The van der Waals surface area contributed by atoms with Gasteiger partial charge in [0.2, 0.25) is 0 Å². The second-order valence-corrected chi connectivity index (χ2v) is 6.78. The van der Waals surface area contributed by atoms with Crippen LogP contribution in [0.4, 0.5) is 5.69 Å². The van der Waals surface area contributed by atoms with Crippen molar-refractivity contribution in [3.05, 3.63) is 51.2 Å². The molecule has 0 aliphatic heterocycles. The van der Waals surface area contributed by atoms with Crippen LogP contribution in [0.3, 0.4) is 0 Å². The summed E-state index contributed by atoms with van der Waals surface area (Å²) in [4.78, 5) is 26.1. The van der Waals surface area contributed by atoms with Crippen molar-refractivity contribution in [2.24, 2.45) is 0 Å². The molecule has 1 aliphatic carbocycles. The van der Waals surface area contributed by atoms with Gasteiger partial charge in [0.25, 0.3) is 5.91 Å². The van der Waals surface area contributed by atoms with Gasteiger partial charge in [0.05, 0.1) is 11.6 Å². The zero-order valence-corrected chi connectivity index (χ0v) is 14.0. The van der Waals surface area contributed by atoms with E-state index in [0.717, 1.165) is 19.3 Å². The minimum Gasteiger partial charge on any atom is -0.448 e. The van der Waals surface area contributed by atoms with Crippen LogP contribution in [-0.4, -0.2) is 18.0 Å². The number of hydrogen-bond acceptors (Lipinski definition) is 5. The Bertz CT molecular complexity index is 796. The zero-order valence-electron chi connectivity index (χ0n) is 13.2. The third-order valence-corrected chi connectivity index (χ3v) is 5.10. The van der Waals surface area contributed by atoms with Gasteiger partial charge in [-0.2, -0.15) is 5.26 Å². The number of anilines is 1. The van der Waals surface area contributed by atoms with E-state index in [-0.39, 0.29) is 0 Å². The molecule has 1 amide bonds. The summed E-state index contributed by atoms with van der Waals surface area (Å²) < 4.78 is 5.26. The van der Waals surface area contributed by atoms with Gasteiger partial charge in [-0.15, -0.1) is 11.3 Å². The Labute approximate surface area is 143 Å². The number of aryl methyl sites for hydroxylation is 2. The molecule has 122 valence electrons. The largest absolute Gasteiger partial charge is 0.448 e. The SMILES string of the molecule is C[C@@H](OC(=O)c1cc2c(s1)CCC2)C(=O)Nc1ccc(C#N)cc1. The number of fused-ring (bicyclic) bond motifs is 1. The minimum atomic E-state index is -0.898. The molecule has 1 aromatic carbocycles. The second-order valence-electron chi connectivity index (χ2n) is 5.64. The first kappa shape index (κ1) is 16.2. The number of carbonyl (C=O) groups excluding carboxylic acids is 2. The summed E-state index contributed by atoms with van der Waals surface area (Å²) >= 11 is 1.46. The van der Waals surface area contributed by atoms with Gasteiger partial charge >= 0.3 is 5.97 Å². The minimum absolute atomic E-state index is 0.405. The molecule has 24 heavy (non-hydrogen) atoms. The van der Waals surface area contributed by atoms with Crippen LogP contribution >= 0.6 is 11.3 Å². The van der Waals surface area contributed by atoms with Crippen LogP contribution in [0.1, 0.15) is 39.0 Å². The van der Waals surface area contributed by atoms with Crippen LogP contribution in [0.2, 0.25) is 0 Å². The number of carbonyl (C=O) groups is 2. The molecule has 2 aromatic rings. The van der Waals surface area contributed by atoms with Crippen molar-refractivity contribution in [2.75, 3.05) is 5.32 Å². The number of thiophene rings is 1. The van der Waals surface area contributed by atoms with E-state index in [1.807, 2.05) is 12.1 Å². The van der Waals surface area contributed by atoms with Crippen molar-refractivity contribution in [3.63, 3.8) is 0 Å². The van der Waals surface area contributed by atoms with Crippen LogP contribution in [0, 0.1) is 11.3 Å². The average molecular weight is 340 g/mol. The quantitative estimate of drug-likeness (QED) is 0.866. The van der Waals surface area contributed by atoms with Crippen LogP contribution in [0.25, 0.3) is 0 Å². The highest BCUT2D eigenvalue weighted by molar-refractivity contribution is 7.14. The van der Waals surface area contributed by atoms with Gasteiger partial charge in [-0.25, -0.2) is 4.79 Å². The van der Waals surface area contributed by atoms with E-state index in [0.29, 0.717) is 16.1 Å². The lowest BCUT2D eigenvalue weighted by Crippen LogP contribution is -2.29. The maximum atomic E-state index is 12.2. The molecule has 0 saturated carbocycles. The van der Waals surface area contributed by atoms with Crippen molar-refractivity contribution in [1.82, 2.24) is 0 Å². The van der Waals surface area contributed by atoms with E-state index in [1.165, 1.54) is 28.7 Å². The predicted molar refractivity (Wildman–Crippen MR) is 91.0 cm³/mol. The molecule has 0 unspecified atom stereocenters. The highest BCUT2D eigenvalue weighted by atomic mass is 32.1. The second kappa shape index (κ2) is 6.85. The maximum absolute atomic E-state index is 12.2. The number of nitrogens with one attached hydrogen (secondary N) is 1. The molecule has 5 nitrogen and oxygen atoms in total. The summed E-state index contributed by atoms with van der Waals surface area (Å²) in [7, 11) is 0. The normalized spacial score (nSPS) is 13.7. The summed E-state index contributed by atoms with van der Waals surface area (Å²) in [6.45, 7) is 1.54. The molecule has 1 atom stereocenters. The summed E-state index contributed by atoms with van der Waals surface area (Å²) in [6.07, 6.45) is 2.26. The first-order valence-corrected chi connectivity index (χ1v) is 8.52. The fourth-order valence-corrected chi connectivity index (χ4v) is 3.71. The highest BCUT2D eigenvalue weighted by Crippen LogP contribution is 2.31. The number of nitrogens with zero attached hydrogens (tertiary/aromatic N) is 1. The fourth-order valence-electron chi connectivity index (χ4n) is 2.57. The lowest BCUT2D eigenvalue weighted by molar-refractivity contribution is -0.123. The van der Waals surface area contributed by atoms with Gasteiger partial charge < -0.3 is 10.1 Å². The van der Waals surface area contributed by atoms with Crippen molar-refractivity contribution < 1.29 is 14.3 Å². The third-order valence-electron chi connectivity index (χ3n) is 3.88. The van der Waals surface area contributed by atoms with Gasteiger partial charge in [-0.05, 0) is 62.1 Å². The lowest BCUT2D eigenvalue weighted by atomic mass is 10.2. The number of esters is 1. The Kier molecular flexibility index (Phi) is 4.63. The number of ether oxygens (including phenoxy) is 1. The van der Waals surface area contributed by atoms with Crippen molar-refractivity contribution >= 4 is 28.9 Å². The summed E-state index contributed by atoms with van der Waals surface area (Å²) in [5.74, 6) is -0.867. The van der Waals surface area contributed by atoms with Gasteiger partial charge in [0, 0.05) is 10.6 Å². The molecule has 0 saturated heterocycles. The number of amides is 1. The molecule has 6 heteroatoms. The molecule has 1 aliphatic rings.